The number of nitrogens with two attached hydrogens (primary N) is 1. The molecule has 1 aromatic carbocycles. The van der Waals surface area contributed by atoms with Crippen molar-refractivity contribution in [2.75, 3.05) is 5.75 Å². The van der Waals surface area contributed by atoms with Crippen molar-refractivity contribution in [2.24, 2.45) is 5.90 Å². The van der Waals surface area contributed by atoms with Crippen LogP contribution in [0.2, 0.25) is 0 Å². The molecule has 0 aromatic heterocycles. The van der Waals surface area contributed by atoms with Crippen molar-refractivity contribution in [3.05, 3.63) is 35.9 Å². The average Bonchev–Trinajstić information content (AvgIpc) is 2.26. The van der Waals surface area contributed by atoms with Gasteiger partial charge in [-0.1, -0.05) is 58.8 Å². The molecule has 0 aliphatic heterocycles. The molecule has 14 heavy (non-hydrogen) atoms. The number of hydrogen-bond donors (Lipinski definition) is 1. The van der Waals surface area contributed by atoms with Crippen LogP contribution in [-0.4, -0.2) is 5.75 Å². The maximum atomic E-state index is 5.25. The SMILES string of the molecule is CCCSSC(ON)c1ccccc1. The smallest absolute Gasteiger partial charge is 0.159 e. The molecule has 0 heterocycles. The van der Waals surface area contributed by atoms with Gasteiger partial charge in [0.25, 0.3) is 0 Å². The quantitative estimate of drug-likeness (QED) is 0.351. The topological polar surface area (TPSA) is 35.2 Å². The highest BCUT2D eigenvalue weighted by molar-refractivity contribution is 8.76. The first-order valence-corrected chi connectivity index (χ1v) is 6.95. The van der Waals surface area contributed by atoms with Crippen LogP contribution in [0.3, 0.4) is 0 Å². The average molecular weight is 229 g/mol. The van der Waals surface area contributed by atoms with Gasteiger partial charge in [0.05, 0.1) is 0 Å². The number of benzene rings is 1. The fourth-order valence-corrected chi connectivity index (χ4v) is 3.29. The van der Waals surface area contributed by atoms with E-state index in [0.29, 0.717) is 0 Å². The molecule has 0 bridgehead atoms. The highest BCUT2D eigenvalue weighted by atomic mass is 33.1. The van der Waals surface area contributed by atoms with Crippen LogP contribution in [0.25, 0.3) is 0 Å². The minimum absolute atomic E-state index is 0.0623. The largest absolute Gasteiger partial charge is 0.285 e. The minimum Gasteiger partial charge on any atom is -0.285 e. The van der Waals surface area contributed by atoms with Gasteiger partial charge < -0.3 is 0 Å². The molecule has 0 saturated carbocycles. The van der Waals surface area contributed by atoms with Crippen molar-refractivity contribution in [1.82, 2.24) is 0 Å². The Labute approximate surface area is 92.9 Å². The van der Waals surface area contributed by atoms with E-state index in [1.165, 1.54) is 6.42 Å². The molecular formula is C10H15NOS2. The summed E-state index contributed by atoms with van der Waals surface area (Å²) in [6.45, 7) is 2.16. The summed E-state index contributed by atoms with van der Waals surface area (Å²) in [6.07, 6.45) is 1.17. The van der Waals surface area contributed by atoms with E-state index >= 15 is 0 Å². The molecule has 1 aromatic rings. The second kappa shape index (κ2) is 7.17. The van der Waals surface area contributed by atoms with Gasteiger partial charge in [-0.05, 0) is 12.0 Å². The Hall–Kier alpha value is -0.160. The van der Waals surface area contributed by atoms with Gasteiger partial charge in [0.2, 0.25) is 0 Å². The molecular weight excluding hydrogens is 214 g/mol. The molecule has 0 aliphatic carbocycles. The van der Waals surface area contributed by atoms with Crippen molar-refractivity contribution >= 4 is 21.6 Å². The summed E-state index contributed by atoms with van der Waals surface area (Å²) in [6, 6.07) is 10.0. The van der Waals surface area contributed by atoms with Gasteiger partial charge in [0.1, 0.15) is 0 Å². The zero-order chi connectivity index (χ0) is 10.2. The summed E-state index contributed by atoms with van der Waals surface area (Å²) in [5, 5.41) is 0. The summed E-state index contributed by atoms with van der Waals surface area (Å²) in [7, 11) is 3.46. The first kappa shape index (κ1) is 11.9. The van der Waals surface area contributed by atoms with E-state index in [1.807, 2.05) is 30.3 Å². The van der Waals surface area contributed by atoms with Gasteiger partial charge in [0.15, 0.2) is 5.44 Å². The predicted octanol–water partition coefficient (Wildman–Crippen LogP) is 3.37. The monoisotopic (exact) mass is 229 g/mol. The maximum absolute atomic E-state index is 5.25. The molecule has 0 fully saturated rings. The third-order valence-electron chi connectivity index (χ3n) is 1.64. The fourth-order valence-electron chi connectivity index (χ4n) is 0.960. The Balaban J connectivity index is 2.46. The van der Waals surface area contributed by atoms with Gasteiger partial charge in [-0.3, -0.25) is 4.84 Å². The van der Waals surface area contributed by atoms with E-state index < -0.39 is 0 Å². The van der Waals surface area contributed by atoms with Crippen LogP contribution < -0.4 is 5.90 Å². The third-order valence-corrected chi connectivity index (χ3v) is 4.34. The van der Waals surface area contributed by atoms with Crippen LogP contribution in [0.1, 0.15) is 24.3 Å². The first-order chi connectivity index (χ1) is 6.88. The van der Waals surface area contributed by atoms with Gasteiger partial charge >= 0.3 is 0 Å². The maximum Gasteiger partial charge on any atom is 0.159 e. The van der Waals surface area contributed by atoms with Crippen LogP contribution in [-0.2, 0) is 4.84 Å². The minimum atomic E-state index is -0.0623. The van der Waals surface area contributed by atoms with Crippen molar-refractivity contribution < 1.29 is 4.84 Å². The molecule has 0 spiro atoms. The zero-order valence-corrected chi connectivity index (χ0v) is 9.81. The van der Waals surface area contributed by atoms with E-state index in [2.05, 4.69) is 6.92 Å². The van der Waals surface area contributed by atoms with Crippen molar-refractivity contribution in [3.63, 3.8) is 0 Å². The molecule has 0 radical (unpaired) electrons. The summed E-state index contributed by atoms with van der Waals surface area (Å²) in [5.74, 6) is 6.38. The molecule has 2 nitrogen and oxygen atoms in total. The highest BCUT2D eigenvalue weighted by Crippen LogP contribution is 2.37. The Morgan fingerprint density at radius 2 is 2.07 bits per heavy atom. The second-order valence-corrected chi connectivity index (χ2v) is 5.35. The lowest BCUT2D eigenvalue weighted by Gasteiger charge is -2.12. The lowest BCUT2D eigenvalue weighted by Crippen LogP contribution is -2.04. The van der Waals surface area contributed by atoms with Crippen LogP contribution in [0.15, 0.2) is 30.3 Å². The second-order valence-electron chi connectivity index (χ2n) is 2.80. The fraction of sp³-hybridized carbons (Fsp3) is 0.400. The first-order valence-electron chi connectivity index (χ1n) is 4.57. The van der Waals surface area contributed by atoms with E-state index in [9.17, 15) is 0 Å². The summed E-state index contributed by atoms with van der Waals surface area (Å²) < 4.78 is 0. The van der Waals surface area contributed by atoms with E-state index in [1.54, 1.807) is 21.6 Å². The van der Waals surface area contributed by atoms with Crippen LogP contribution >= 0.6 is 21.6 Å². The summed E-state index contributed by atoms with van der Waals surface area (Å²) in [5.41, 5.74) is 1.05. The summed E-state index contributed by atoms with van der Waals surface area (Å²) in [4.78, 5) is 4.93. The molecule has 0 saturated heterocycles. The zero-order valence-electron chi connectivity index (χ0n) is 8.18. The Morgan fingerprint density at radius 3 is 2.64 bits per heavy atom. The molecule has 0 amide bonds. The van der Waals surface area contributed by atoms with Crippen LogP contribution in [0.5, 0.6) is 0 Å². The van der Waals surface area contributed by atoms with Crippen LogP contribution in [0.4, 0.5) is 0 Å². The number of rotatable bonds is 6. The van der Waals surface area contributed by atoms with Gasteiger partial charge in [0, 0.05) is 5.75 Å². The Kier molecular flexibility index (Phi) is 6.10. The molecule has 1 unspecified atom stereocenters. The van der Waals surface area contributed by atoms with Gasteiger partial charge in [-0.15, -0.1) is 0 Å². The van der Waals surface area contributed by atoms with Crippen LogP contribution in [0, 0.1) is 0 Å². The molecule has 78 valence electrons. The lowest BCUT2D eigenvalue weighted by molar-refractivity contribution is 0.117. The number of hydrogen-bond acceptors (Lipinski definition) is 4. The van der Waals surface area contributed by atoms with E-state index in [-0.39, 0.29) is 5.44 Å². The molecule has 0 aliphatic rings. The molecule has 4 heteroatoms. The standard InChI is InChI=1S/C10H15NOS2/c1-2-8-13-14-10(12-11)9-6-4-3-5-7-9/h3-7,10H,2,8,11H2,1H3. The molecule has 1 rings (SSSR count). The molecule has 2 N–H and O–H groups in total. The predicted molar refractivity (Wildman–Crippen MR) is 64.8 cm³/mol. The highest BCUT2D eigenvalue weighted by Gasteiger charge is 2.10. The normalized spacial score (nSPS) is 12.7. The van der Waals surface area contributed by atoms with E-state index in [0.717, 1.165) is 11.3 Å². The molecule has 1 atom stereocenters. The third kappa shape index (κ3) is 3.92. The van der Waals surface area contributed by atoms with Gasteiger partial charge in [-0.2, -0.15) is 0 Å². The van der Waals surface area contributed by atoms with Crippen molar-refractivity contribution in [3.8, 4) is 0 Å². The van der Waals surface area contributed by atoms with E-state index in [4.69, 9.17) is 10.7 Å². The Bertz CT molecular complexity index is 243. The summed E-state index contributed by atoms with van der Waals surface area (Å²) >= 11 is 0. The van der Waals surface area contributed by atoms with Crippen molar-refractivity contribution in [2.45, 2.75) is 18.8 Å². The Morgan fingerprint density at radius 1 is 1.36 bits per heavy atom. The van der Waals surface area contributed by atoms with Gasteiger partial charge in [-0.25, -0.2) is 5.90 Å². The van der Waals surface area contributed by atoms with Crippen molar-refractivity contribution in [1.29, 1.82) is 0 Å². The lowest BCUT2D eigenvalue weighted by atomic mass is 10.2.